The van der Waals surface area contributed by atoms with Gasteiger partial charge in [-0.1, -0.05) is 12.8 Å². The van der Waals surface area contributed by atoms with Gasteiger partial charge in [0.1, 0.15) is 6.54 Å². The molecule has 6 heteroatoms. The average Bonchev–Trinajstić information content (AvgIpc) is 3.05. The predicted molar refractivity (Wildman–Crippen MR) is 86.0 cm³/mol. The van der Waals surface area contributed by atoms with Crippen molar-refractivity contribution in [1.29, 1.82) is 0 Å². The van der Waals surface area contributed by atoms with Crippen LogP contribution >= 0.6 is 0 Å². The number of hydrogen-bond acceptors (Lipinski definition) is 4. The molecule has 2 amide bonds. The fraction of sp³-hybridized carbons (Fsp3) is 0.471. The second-order valence-corrected chi connectivity index (χ2v) is 5.74. The standard InChI is InChI=1S/C17H22N2O4/c1-23-16(21)11-18-17(22)13-6-8-14(9-7-13)19-15(20)10-12-4-2-3-5-12/h6-9,12H,2-5,10-11H2,1H3,(H,18,22)(H,19,20). The second kappa shape index (κ2) is 8.31. The number of amides is 2. The normalized spacial score (nSPS) is 14.3. The Kier molecular flexibility index (Phi) is 6.14. The van der Waals surface area contributed by atoms with Gasteiger partial charge < -0.3 is 15.4 Å². The zero-order valence-electron chi connectivity index (χ0n) is 13.3. The van der Waals surface area contributed by atoms with Gasteiger partial charge in [0.05, 0.1) is 7.11 Å². The van der Waals surface area contributed by atoms with Gasteiger partial charge in [-0.25, -0.2) is 0 Å². The van der Waals surface area contributed by atoms with Crippen molar-refractivity contribution in [3.8, 4) is 0 Å². The maximum atomic E-state index is 12.0. The molecule has 1 saturated carbocycles. The van der Waals surface area contributed by atoms with E-state index in [0.29, 0.717) is 23.6 Å². The summed E-state index contributed by atoms with van der Waals surface area (Å²) in [6.07, 6.45) is 5.25. The Hall–Kier alpha value is -2.37. The van der Waals surface area contributed by atoms with Gasteiger partial charge in [-0.2, -0.15) is 0 Å². The van der Waals surface area contributed by atoms with Crippen molar-refractivity contribution in [2.75, 3.05) is 19.0 Å². The van der Waals surface area contributed by atoms with Crippen LogP contribution in [0.2, 0.25) is 0 Å². The van der Waals surface area contributed by atoms with E-state index in [1.807, 2.05) is 0 Å². The minimum atomic E-state index is -0.505. The molecular weight excluding hydrogens is 296 g/mol. The molecule has 23 heavy (non-hydrogen) atoms. The van der Waals surface area contributed by atoms with Crippen molar-refractivity contribution in [1.82, 2.24) is 5.32 Å². The lowest BCUT2D eigenvalue weighted by Gasteiger charge is -2.10. The van der Waals surface area contributed by atoms with Crippen LogP contribution in [0.4, 0.5) is 5.69 Å². The summed E-state index contributed by atoms with van der Waals surface area (Å²) < 4.78 is 4.45. The molecule has 1 aliphatic rings. The Morgan fingerprint density at radius 1 is 1.13 bits per heavy atom. The molecule has 2 N–H and O–H groups in total. The number of rotatable bonds is 6. The molecule has 0 radical (unpaired) electrons. The van der Waals surface area contributed by atoms with Gasteiger partial charge in [0.2, 0.25) is 5.91 Å². The lowest BCUT2D eigenvalue weighted by atomic mass is 10.0. The van der Waals surface area contributed by atoms with E-state index in [-0.39, 0.29) is 18.4 Å². The summed E-state index contributed by atoms with van der Waals surface area (Å²) in [6.45, 7) is -0.171. The van der Waals surface area contributed by atoms with Gasteiger partial charge >= 0.3 is 5.97 Å². The number of ether oxygens (including phenoxy) is 1. The van der Waals surface area contributed by atoms with Crippen molar-refractivity contribution in [2.45, 2.75) is 32.1 Å². The van der Waals surface area contributed by atoms with E-state index in [2.05, 4.69) is 15.4 Å². The SMILES string of the molecule is COC(=O)CNC(=O)c1ccc(NC(=O)CC2CCCC2)cc1. The third kappa shape index (κ3) is 5.39. The van der Waals surface area contributed by atoms with Crippen LogP contribution in [0.1, 0.15) is 42.5 Å². The monoisotopic (exact) mass is 318 g/mol. The van der Waals surface area contributed by atoms with Gasteiger partial charge in [-0.05, 0) is 43.0 Å². The molecule has 0 atom stereocenters. The maximum absolute atomic E-state index is 12.0. The summed E-state index contributed by atoms with van der Waals surface area (Å²) in [6, 6.07) is 6.58. The summed E-state index contributed by atoms with van der Waals surface area (Å²) in [7, 11) is 1.26. The van der Waals surface area contributed by atoms with Crippen molar-refractivity contribution in [3.63, 3.8) is 0 Å². The number of carbonyl (C=O) groups excluding carboxylic acids is 3. The molecular formula is C17H22N2O4. The maximum Gasteiger partial charge on any atom is 0.325 e. The van der Waals surface area contributed by atoms with Crippen LogP contribution in [0.15, 0.2) is 24.3 Å². The van der Waals surface area contributed by atoms with Crippen molar-refractivity contribution in [3.05, 3.63) is 29.8 Å². The highest BCUT2D eigenvalue weighted by atomic mass is 16.5. The molecule has 0 aliphatic heterocycles. The Morgan fingerprint density at radius 2 is 1.78 bits per heavy atom. The molecule has 1 aliphatic carbocycles. The zero-order chi connectivity index (χ0) is 16.7. The first-order valence-electron chi connectivity index (χ1n) is 7.83. The topological polar surface area (TPSA) is 84.5 Å². The average molecular weight is 318 g/mol. The molecule has 0 aromatic heterocycles. The van der Waals surface area contributed by atoms with E-state index in [4.69, 9.17) is 0 Å². The number of benzene rings is 1. The van der Waals surface area contributed by atoms with Gasteiger partial charge in [0, 0.05) is 17.7 Å². The first kappa shape index (κ1) is 17.0. The summed E-state index contributed by atoms with van der Waals surface area (Å²) >= 11 is 0. The number of nitrogens with one attached hydrogen (secondary N) is 2. The van der Waals surface area contributed by atoms with Crippen LogP contribution in [-0.2, 0) is 14.3 Å². The quantitative estimate of drug-likeness (QED) is 0.787. The Bertz CT molecular complexity index is 562. The van der Waals surface area contributed by atoms with Gasteiger partial charge in [0.15, 0.2) is 0 Å². The predicted octanol–water partition coefficient (Wildman–Crippen LogP) is 2.11. The van der Waals surface area contributed by atoms with Gasteiger partial charge in [-0.3, -0.25) is 14.4 Å². The zero-order valence-corrected chi connectivity index (χ0v) is 13.3. The fourth-order valence-electron chi connectivity index (χ4n) is 2.72. The minimum absolute atomic E-state index is 0.0137. The number of methoxy groups -OCH3 is 1. The molecule has 0 spiro atoms. The number of esters is 1. The number of carbonyl (C=O) groups is 3. The largest absolute Gasteiger partial charge is 0.468 e. The van der Waals surface area contributed by atoms with Crippen molar-refractivity contribution >= 4 is 23.5 Å². The Balaban J connectivity index is 1.82. The summed E-state index contributed by atoms with van der Waals surface area (Å²) in [5.74, 6) is -0.355. The van der Waals surface area contributed by atoms with Crippen LogP contribution < -0.4 is 10.6 Å². The molecule has 0 saturated heterocycles. The molecule has 2 rings (SSSR count). The van der Waals surface area contributed by atoms with Crippen LogP contribution in [0.3, 0.4) is 0 Å². The van der Waals surface area contributed by atoms with Gasteiger partial charge in [0.25, 0.3) is 5.91 Å². The lowest BCUT2D eigenvalue weighted by Crippen LogP contribution is -2.30. The van der Waals surface area contributed by atoms with Crippen LogP contribution in [-0.4, -0.2) is 31.4 Å². The third-order valence-electron chi connectivity index (χ3n) is 4.00. The first-order chi connectivity index (χ1) is 11.1. The highest BCUT2D eigenvalue weighted by Gasteiger charge is 2.18. The first-order valence-corrected chi connectivity index (χ1v) is 7.83. The van der Waals surface area contributed by atoms with E-state index in [0.717, 1.165) is 12.8 Å². The van der Waals surface area contributed by atoms with E-state index >= 15 is 0 Å². The minimum Gasteiger partial charge on any atom is -0.468 e. The molecule has 0 unspecified atom stereocenters. The van der Waals surface area contributed by atoms with Crippen molar-refractivity contribution in [2.24, 2.45) is 5.92 Å². The summed E-state index contributed by atoms with van der Waals surface area (Å²) in [5.41, 5.74) is 1.08. The summed E-state index contributed by atoms with van der Waals surface area (Å²) in [5, 5.41) is 5.31. The Morgan fingerprint density at radius 3 is 2.39 bits per heavy atom. The van der Waals surface area contributed by atoms with E-state index < -0.39 is 5.97 Å². The molecule has 1 fully saturated rings. The van der Waals surface area contributed by atoms with E-state index in [1.54, 1.807) is 24.3 Å². The highest BCUT2D eigenvalue weighted by Crippen LogP contribution is 2.27. The Labute approximate surface area is 135 Å². The molecule has 1 aromatic rings. The lowest BCUT2D eigenvalue weighted by molar-refractivity contribution is -0.139. The summed E-state index contributed by atoms with van der Waals surface area (Å²) in [4.78, 5) is 34.8. The van der Waals surface area contributed by atoms with Crippen LogP contribution in [0.25, 0.3) is 0 Å². The van der Waals surface area contributed by atoms with Crippen LogP contribution in [0.5, 0.6) is 0 Å². The smallest absolute Gasteiger partial charge is 0.325 e. The van der Waals surface area contributed by atoms with Crippen LogP contribution in [0, 0.1) is 5.92 Å². The number of hydrogen-bond donors (Lipinski definition) is 2. The highest BCUT2D eigenvalue weighted by molar-refractivity contribution is 5.97. The molecule has 0 heterocycles. The fourth-order valence-corrected chi connectivity index (χ4v) is 2.72. The second-order valence-electron chi connectivity index (χ2n) is 5.74. The van der Waals surface area contributed by atoms with E-state index in [9.17, 15) is 14.4 Å². The number of anilines is 1. The van der Waals surface area contributed by atoms with E-state index in [1.165, 1.54) is 20.0 Å². The van der Waals surface area contributed by atoms with Gasteiger partial charge in [-0.15, -0.1) is 0 Å². The molecule has 1 aromatic carbocycles. The van der Waals surface area contributed by atoms with Crippen molar-refractivity contribution < 1.29 is 19.1 Å². The molecule has 0 bridgehead atoms. The third-order valence-corrected chi connectivity index (χ3v) is 4.00. The molecule has 6 nitrogen and oxygen atoms in total. The molecule has 124 valence electrons.